The van der Waals surface area contributed by atoms with Gasteiger partial charge >= 0.3 is 60.5 Å². The minimum atomic E-state index is -5.43. The van der Waals surface area contributed by atoms with Crippen molar-refractivity contribution in [2.75, 3.05) is 5.73 Å². The third-order valence-electron chi connectivity index (χ3n) is 7.99. The summed E-state index contributed by atoms with van der Waals surface area (Å²) in [6, 6.07) is 22.3. The number of carbonyl (C=O) groups is 1. The van der Waals surface area contributed by atoms with E-state index in [9.17, 15) is 56.2 Å². The van der Waals surface area contributed by atoms with E-state index in [1.807, 2.05) is 0 Å². The Kier molecular flexibility index (Phi) is 14.5. The first-order valence-electron chi connectivity index (χ1n) is 15.7. The molecule has 0 amide bonds. The topological polar surface area (TPSA) is 338 Å². The number of carboxylic acids is 1. The number of aromatic carboxylic acids is 1. The van der Waals surface area contributed by atoms with E-state index in [2.05, 4.69) is 30.7 Å². The van der Waals surface area contributed by atoms with Crippen LogP contribution in [0.4, 0.5) is 45.5 Å². The van der Waals surface area contributed by atoms with Crippen molar-refractivity contribution in [3.63, 3.8) is 0 Å². The average molecular weight is 857 g/mol. The molecule has 0 aliphatic heterocycles. The van der Waals surface area contributed by atoms with Gasteiger partial charge in [-0.3, -0.25) is 10.1 Å². The molecular weight excluding hydrogens is 835 g/mol. The summed E-state index contributed by atoms with van der Waals surface area (Å²) < 4.78 is 73.6. The number of rotatable bonds is 11. The van der Waals surface area contributed by atoms with E-state index in [4.69, 9.17) is 5.73 Å². The quantitative estimate of drug-likeness (QED) is 0.0409. The molecule has 6 rings (SSSR count). The van der Waals surface area contributed by atoms with Crippen LogP contribution >= 0.6 is 0 Å². The number of azo groups is 3. The molecule has 0 fully saturated rings. The Bertz CT molecular complexity index is 2940. The Balaban J connectivity index is 0.00000320. The van der Waals surface area contributed by atoms with Crippen LogP contribution < -0.4 is 70.0 Å². The first-order valence-corrected chi connectivity index (χ1v) is 18.5. The van der Waals surface area contributed by atoms with Gasteiger partial charge in [0.1, 0.15) is 37.4 Å². The normalized spacial score (nSPS) is 11.8. The molecule has 6 aromatic rings. The Labute approximate surface area is 378 Å². The molecule has 0 saturated carbocycles. The van der Waals surface area contributed by atoms with Crippen molar-refractivity contribution in [2.45, 2.75) is 9.79 Å². The smallest absolute Gasteiger partial charge is 0.744 e. The molecule has 0 aliphatic carbocycles. The van der Waals surface area contributed by atoms with E-state index < -0.39 is 85.8 Å². The maximum absolute atomic E-state index is 12.3. The summed E-state index contributed by atoms with van der Waals surface area (Å²) in [4.78, 5) is 19.2. The number of phenolic OH excluding ortho intramolecular Hbond substituents is 1. The molecule has 0 heterocycles. The van der Waals surface area contributed by atoms with Gasteiger partial charge in [-0.25, -0.2) is 16.8 Å². The fraction of sp³-hybridized carbons (Fsp3) is 0. The zero-order valence-corrected chi connectivity index (χ0v) is 35.9. The number of benzene rings is 6. The standard InChI is InChI=1S/C35H24N8O12S2.2Na/c36-31-30-20(15-28(56(50,51)52)32(31)41-38-23-9-12-25(13-10-23)43(48)49)16-29(57(53,54)55)33(34(30)45)42-39-22-7-3-19(4-8-22)18-1-5-21(6-2-18)37-40-24-11-14-27(44)26(17-24)35(46)47;;/h1-17,44-45H,36H2,(H,46,47)(H,50,51,52)(H,53,54,55);;/q;2*+1/p-2. The molecule has 0 aromatic heterocycles. The van der Waals surface area contributed by atoms with Crippen LogP contribution in [-0.2, 0) is 20.2 Å². The molecule has 0 atom stereocenters. The van der Waals surface area contributed by atoms with Crippen LogP contribution in [0, 0.1) is 10.1 Å². The van der Waals surface area contributed by atoms with Gasteiger partial charge in [0.05, 0.1) is 54.5 Å². The van der Waals surface area contributed by atoms with Crippen molar-refractivity contribution in [3.05, 3.63) is 119 Å². The van der Waals surface area contributed by atoms with Crippen molar-refractivity contribution in [3.8, 4) is 22.6 Å². The summed E-state index contributed by atoms with van der Waals surface area (Å²) in [6.07, 6.45) is 0. The maximum atomic E-state index is 12.3. The van der Waals surface area contributed by atoms with E-state index in [0.29, 0.717) is 28.9 Å². The monoisotopic (exact) mass is 856 g/mol. The number of nitro groups is 1. The minimum absolute atomic E-state index is 0. The van der Waals surface area contributed by atoms with Crippen LogP contribution in [0.2, 0.25) is 0 Å². The number of phenols is 2. The molecule has 4 N–H and O–H groups in total. The van der Waals surface area contributed by atoms with Crippen LogP contribution in [0.1, 0.15) is 11.8 Å². The van der Waals surface area contributed by atoms with Gasteiger partial charge in [-0.2, -0.15) is 20.5 Å². The number of non-ortho nitro benzene ring substituents is 1. The second-order valence-corrected chi connectivity index (χ2v) is 14.4. The van der Waals surface area contributed by atoms with Crippen molar-refractivity contribution in [2.24, 2.45) is 30.7 Å². The van der Waals surface area contributed by atoms with E-state index in [1.54, 1.807) is 36.4 Å². The number of nitro benzene ring substituents is 1. The molecule has 6 aromatic carbocycles. The fourth-order valence-corrected chi connectivity index (χ4v) is 6.56. The molecular formula is C35H22N8Na2O12S2. The predicted molar refractivity (Wildman–Crippen MR) is 197 cm³/mol. The van der Waals surface area contributed by atoms with Gasteiger partial charge in [0.2, 0.25) is 0 Å². The number of anilines is 1. The summed E-state index contributed by atoms with van der Waals surface area (Å²) in [7, 11) is -10.8. The number of carbonyl (C=O) groups excluding carboxylic acids is 1. The summed E-state index contributed by atoms with van der Waals surface area (Å²) >= 11 is 0. The second-order valence-electron chi connectivity index (χ2n) is 11.7. The minimum Gasteiger partial charge on any atom is -0.744 e. The molecule has 0 unspecified atom stereocenters. The summed E-state index contributed by atoms with van der Waals surface area (Å²) in [6.45, 7) is 0. The SMILES string of the molecule is Nc1c(N=Nc2ccc([N+](=O)[O-])cc2)c(S(=O)(=O)[O-])cc2cc(S(=O)(=O)[O-])c(N=Nc3ccc(-c4ccc(N=Nc5ccc(O)c(C(=O)[O-])c5)cc4)cc3)c(O)c12.[H+].[Na+].[Na+]. The van der Waals surface area contributed by atoms with Gasteiger partial charge in [-0.1, -0.05) is 24.3 Å². The van der Waals surface area contributed by atoms with E-state index >= 15 is 0 Å². The molecule has 0 saturated heterocycles. The molecule has 20 nitrogen and oxygen atoms in total. The van der Waals surface area contributed by atoms with Crippen LogP contribution in [0.5, 0.6) is 11.5 Å². The summed E-state index contributed by atoms with van der Waals surface area (Å²) in [5.41, 5.74) is 5.24. The zero-order valence-electron chi connectivity index (χ0n) is 31.3. The average Bonchev–Trinajstić information content (AvgIpc) is 3.16. The third-order valence-corrected chi connectivity index (χ3v) is 9.69. The van der Waals surface area contributed by atoms with Gasteiger partial charge < -0.3 is 35.0 Å². The van der Waals surface area contributed by atoms with Crippen molar-refractivity contribution >= 4 is 82.5 Å². The maximum Gasteiger partial charge on any atom is 1.00 e. The Hall–Kier alpha value is -5.53. The van der Waals surface area contributed by atoms with E-state index in [0.717, 1.165) is 24.3 Å². The third kappa shape index (κ3) is 10.6. The number of hydrogen-bond donors (Lipinski definition) is 3. The van der Waals surface area contributed by atoms with E-state index in [1.165, 1.54) is 30.3 Å². The number of nitrogen functional groups attached to an aromatic ring is 1. The number of nitrogens with two attached hydrogens (primary N) is 1. The van der Waals surface area contributed by atoms with Crippen LogP contribution in [0.15, 0.2) is 144 Å². The molecule has 288 valence electrons. The van der Waals surface area contributed by atoms with Gasteiger partial charge in [-0.05, 0) is 83.2 Å². The Morgan fingerprint density at radius 2 is 1.03 bits per heavy atom. The van der Waals surface area contributed by atoms with Crippen molar-refractivity contribution in [1.29, 1.82) is 0 Å². The van der Waals surface area contributed by atoms with Gasteiger partial charge in [0.15, 0.2) is 5.75 Å². The first kappa shape index (κ1) is 46.2. The molecule has 0 bridgehead atoms. The predicted octanol–water partition coefficient (Wildman–Crippen LogP) is 0.947. The Morgan fingerprint density at radius 3 is 1.49 bits per heavy atom. The largest absolute Gasteiger partial charge is 1.00 e. The molecule has 0 radical (unpaired) electrons. The number of hydrogen-bond acceptors (Lipinski definition) is 19. The molecule has 59 heavy (non-hydrogen) atoms. The molecule has 0 spiro atoms. The zero-order chi connectivity index (χ0) is 41.2. The van der Waals surface area contributed by atoms with Gasteiger partial charge in [0, 0.05) is 17.7 Å². The summed E-state index contributed by atoms with van der Waals surface area (Å²) in [5, 5.41) is 65.4. The van der Waals surface area contributed by atoms with Crippen molar-refractivity contribution in [1.82, 2.24) is 0 Å². The van der Waals surface area contributed by atoms with Gasteiger partial charge in [0.25, 0.3) is 5.69 Å². The Morgan fingerprint density at radius 1 is 0.627 bits per heavy atom. The second kappa shape index (κ2) is 18.6. The number of fused-ring (bicyclic) bond motifs is 1. The first-order chi connectivity index (χ1) is 26.9. The van der Waals surface area contributed by atoms with E-state index in [-0.39, 0.29) is 83.3 Å². The van der Waals surface area contributed by atoms with Crippen LogP contribution in [0.25, 0.3) is 21.9 Å². The molecule has 0 aliphatic rings. The van der Waals surface area contributed by atoms with Gasteiger partial charge in [-0.15, -0.1) is 10.2 Å². The van der Waals surface area contributed by atoms with Crippen LogP contribution in [0.3, 0.4) is 0 Å². The summed E-state index contributed by atoms with van der Waals surface area (Å²) in [5.74, 6) is -3.07. The van der Waals surface area contributed by atoms with Crippen molar-refractivity contribution < 1.29 is 112 Å². The number of nitrogens with zero attached hydrogens (tertiary/aromatic N) is 7. The fourth-order valence-electron chi connectivity index (χ4n) is 5.25. The molecule has 24 heteroatoms. The van der Waals surface area contributed by atoms with Crippen LogP contribution in [-0.4, -0.2) is 47.0 Å². The number of aromatic hydroxyl groups is 2. The number of carboxylic acid groups (broad SMARTS) is 1.